The van der Waals surface area contributed by atoms with Crippen LogP contribution in [0.4, 0.5) is 11.4 Å². The number of amides is 4. The van der Waals surface area contributed by atoms with Crippen LogP contribution in [0.2, 0.25) is 0 Å². The summed E-state index contributed by atoms with van der Waals surface area (Å²) < 4.78 is 4.92. The van der Waals surface area contributed by atoms with E-state index in [0.717, 1.165) is 5.56 Å². The fourth-order valence-corrected chi connectivity index (χ4v) is 3.98. The van der Waals surface area contributed by atoms with Crippen LogP contribution >= 0.6 is 0 Å². The molecule has 0 saturated heterocycles. The van der Waals surface area contributed by atoms with Crippen LogP contribution in [0, 0.1) is 0 Å². The van der Waals surface area contributed by atoms with Crippen LogP contribution in [0.15, 0.2) is 48.5 Å². The Kier molecular flexibility index (Phi) is 8.77. The van der Waals surface area contributed by atoms with Crippen LogP contribution in [0.3, 0.4) is 0 Å². The van der Waals surface area contributed by atoms with Crippen molar-refractivity contribution in [1.82, 2.24) is 10.2 Å². The average Bonchev–Trinajstić information content (AvgIpc) is 2.90. The number of hydrogen-bond donors (Lipinski definition) is 3. The van der Waals surface area contributed by atoms with Crippen LogP contribution in [0.1, 0.15) is 43.1 Å². The highest BCUT2D eigenvalue weighted by Gasteiger charge is 2.37. The molecule has 10 heteroatoms. The molecule has 2 atom stereocenters. The molecule has 0 bridgehead atoms. The second kappa shape index (κ2) is 12.0. The van der Waals surface area contributed by atoms with Crippen molar-refractivity contribution in [1.29, 1.82) is 0 Å². The highest BCUT2D eigenvalue weighted by atomic mass is 16.5. The number of nitrogens with zero attached hydrogens (tertiary/aromatic N) is 1. The molecule has 2 aromatic carbocycles. The quantitative estimate of drug-likeness (QED) is 0.457. The number of anilines is 2. The maximum Gasteiger partial charge on any atom is 0.307 e. The lowest BCUT2D eigenvalue weighted by molar-refractivity contribution is -0.143. The van der Waals surface area contributed by atoms with E-state index in [-0.39, 0.29) is 36.6 Å². The Morgan fingerprint density at radius 1 is 1.11 bits per heavy atom. The number of nitrogens with one attached hydrogen (secondary N) is 3. The molecule has 2 unspecified atom stereocenters. The molecule has 1 aliphatic heterocycles. The monoisotopic (exact) mass is 494 g/mol. The zero-order valence-electron chi connectivity index (χ0n) is 20.5. The van der Waals surface area contributed by atoms with E-state index >= 15 is 0 Å². The number of fused-ring (bicyclic) bond motifs is 1. The first-order valence-corrected chi connectivity index (χ1v) is 11.7. The Morgan fingerprint density at radius 3 is 2.50 bits per heavy atom. The van der Waals surface area contributed by atoms with E-state index in [9.17, 15) is 24.0 Å². The smallest absolute Gasteiger partial charge is 0.307 e. The molecular formula is C26H30N4O6. The van der Waals surface area contributed by atoms with Crippen LogP contribution in [0.25, 0.3) is 0 Å². The number of carbonyl (C=O) groups is 5. The Balaban J connectivity index is 1.89. The molecule has 0 fully saturated rings. The second-order valence-corrected chi connectivity index (χ2v) is 8.55. The molecule has 0 saturated carbocycles. The summed E-state index contributed by atoms with van der Waals surface area (Å²) in [6.07, 6.45) is 0.168. The zero-order valence-corrected chi connectivity index (χ0v) is 20.5. The number of rotatable bonds is 9. The molecule has 3 rings (SSSR count). The van der Waals surface area contributed by atoms with Crippen LogP contribution < -0.4 is 16.0 Å². The highest BCUT2D eigenvalue weighted by Crippen LogP contribution is 2.27. The summed E-state index contributed by atoms with van der Waals surface area (Å²) in [5, 5.41) is 8.10. The summed E-state index contributed by atoms with van der Waals surface area (Å²) in [5.41, 5.74) is 1.64. The van der Waals surface area contributed by atoms with Gasteiger partial charge in [0, 0.05) is 25.1 Å². The van der Waals surface area contributed by atoms with Gasteiger partial charge in [0.1, 0.15) is 12.6 Å². The van der Waals surface area contributed by atoms with E-state index < -0.39 is 42.3 Å². The Morgan fingerprint density at radius 2 is 1.83 bits per heavy atom. The van der Waals surface area contributed by atoms with Gasteiger partial charge in [-0.15, -0.1) is 0 Å². The van der Waals surface area contributed by atoms with Crippen molar-refractivity contribution in [2.45, 2.75) is 45.7 Å². The van der Waals surface area contributed by atoms with Crippen molar-refractivity contribution in [2.24, 2.45) is 0 Å². The van der Waals surface area contributed by atoms with Crippen LogP contribution in [0.5, 0.6) is 0 Å². The van der Waals surface area contributed by atoms with Gasteiger partial charge in [-0.1, -0.05) is 30.3 Å². The average molecular weight is 495 g/mol. The van der Waals surface area contributed by atoms with Crippen LogP contribution in [-0.2, 0) is 30.3 Å². The highest BCUT2D eigenvalue weighted by molar-refractivity contribution is 6.11. The van der Waals surface area contributed by atoms with Gasteiger partial charge in [0.2, 0.25) is 17.7 Å². The maximum atomic E-state index is 13.7. The van der Waals surface area contributed by atoms with E-state index in [1.807, 2.05) is 30.3 Å². The number of hydrogen-bond acceptors (Lipinski definition) is 6. The van der Waals surface area contributed by atoms with Gasteiger partial charge in [-0.2, -0.15) is 0 Å². The Hall–Kier alpha value is -4.21. The predicted molar refractivity (Wildman–Crippen MR) is 133 cm³/mol. The number of benzene rings is 2. The fourth-order valence-electron chi connectivity index (χ4n) is 3.98. The van der Waals surface area contributed by atoms with E-state index in [2.05, 4.69) is 16.0 Å². The van der Waals surface area contributed by atoms with Gasteiger partial charge < -0.3 is 25.6 Å². The molecule has 1 heterocycles. The number of esters is 1. The molecule has 36 heavy (non-hydrogen) atoms. The van der Waals surface area contributed by atoms with Crippen molar-refractivity contribution in [2.75, 3.05) is 23.8 Å². The second-order valence-electron chi connectivity index (χ2n) is 8.55. The van der Waals surface area contributed by atoms with E-state index in [1.54, 1.807) is 26.0 Å². The first-order chi connectivity index (χ1) is 17.2. The summed E-state index contributed by atoms with van der Waals surface area (Å²) in [6.45, 7) is 4.53. The van der Waals surface area contributed by atoms with Gasteiger partial charge in [0.05, 0.1) is 24.3 Å². The minimum absolute atomic E-state index is 0.0234. The predicted octanol–water partition coefficient (Wildman–Crippen LogP) is 2.11. The lowest BCUT2D eigenvalue weighted by Gasteiger charge is -2.29. The normalized spacial score (nSPS) is 15.8. The molecule has 0 radical (unpaired) electrons. The first-order valence-electron chi connectivity index (χ1n) is 11.7. The van der Waals surface area contributed by atoms with Crippen molar-refractivity contribution >= 4 is 41.0 Å². The van der Waals surface area contributed by atoms with E-state index in [4.69, 9.17) is 4.74 Å². The lowest BCUT2D eigenvalue weighted by atomic mass is 10.0. The summed E-state index contributed by atoms with van der Waals surface area (Å²) >= 11 is 0. The van der Waals surface area contributed by atoms with E-state index in [0.29, 0.717) is 5.69 Å². The standard InChI is InChI=1S/C26H30N4O6/c1-4-36-24(33)12-16(2)27-23(32)15-30-22(13-18-8-6-5-7-9-18)25(34)29-21-11-10-19(28-17(3)31)14-20(21)26(30)35/h5-11,14,16,22H,4,12-13,15H2,1-3H3,(H,27,32)(H,28,31)(H,29,34). The van der Waals surface area contributed by atoms with Gasteiger partial charge in [-0.05, 0) is 37.6 Å². The van der Waals surface area contributed by atoms with Gasteiger partial charge in [0.25, 0.3) is 5.91 Å². The third-order valence-corrected chi connectivity index (χ3v) is 5.54. The summed E-state index contributed by atoms with van der Waals surface area (Å²) in [5.74, 6) is -2.26. The maximum absolute atomic E-state index is 13.7. The van der Waals surface area contributed by atoms with Crippen LogP contribution in [-0.4, -0.2) is 59.7 Å². The third-order valence-electron chi connectivity index (χ3n) is 5.54. The van der Waals surface area contributed by atoms with Gasteiger partial charge in [-0.25, -0.2) is 0 Å². The Bertz CT molecular complexity index is 1150. The molecular weight excluding hydrogens is 464 g/mol. The lowest BCUT2D eigenvalue weighted by Crippen LogP contribution is -2.51. The van der Waals surface area contributed by atoms with Crippen molar-refractivity contribution < 1.29 is 28.7 Å². The third kappa shape index (κ3) is 6.91. The summed E-state index contributed by atoms with van der Waals surface area (Å²) in [4.78, 5) is 64.3. The molecule has 1 aliphatic rings. The van der Waals surface area contributed by atoms with Gasteiger partial charge in [-0.3, -0.25) is 24.0 Å². The summed E-state index contributed by atoms with van der Waals surface area (Å²) in [6, 6.07) is 12.3. The van der Waals surface area contributed by atoms with E-state index in [1.165, 1.54) is 17.9 Å². The van der Waals surface area contributed by atoms with Gasteiger partial charge >= 0.3 is 5.97 Å². The van der Waals surface area contributed by atoms with Crippen molar-refractivity contribution in [3.05, 3.63) is 59.7 Å². The number of carbonyl (C=O) groups excluding carboxylic acids is 5. The molecule has 2 aromatic rings. The largest absolute Gasteiger partial charge is 0.466 e. The van der Waals surface area contributed by atoms with Crippen molar-refractivity contribution in [3.8, 4) is 0 Å². The molecule has 0 aliphatic carbocycles. The molecule has 3 N–H and O–H groups in total. The topological polar surface area (TPSA) is 134 Å². The van der Waals surface area contributed by atoms with Crippen molar-refractivity contribution in [3.63, 3.8) is 0 Å². The molecule has 4 amide bonds. The molecule has 10 nitrogen and oxygen atoms in total. The SMILES string of the molecule is CCOC(=O)CC(C)NC(=O)CN1C(=O)c2cc(NC(C)=O)ccc2NC(=O)C1Cc1ccccc1. The molecule has 190 valence electrons. The van der Waals surface area contributed by atoms with Gasteiger partial charge in [0.15, 0.2) is 0 Å². The first kappa shape index (κ1) is 26.4. The molecule has 0 spiro atoms. The molecule has 0 aromatic heterocycles. The summed E-state index contributed by atoms with van der Waals surface area (Å²) in [7, 11) is 0. The fraction of sp³-hybridized carbons (Fsp3) is 0.346. The number of ether oxygens (including phenoxy) is 1. The minimum Gasteiger partial charge on any atom is -0.466 e. The Labute approximate surface area is 209 Å². The zero-order chi connectivity index (χ0) is 26.2. The minimum atomic E-state index is -0.970.